The summed E-state index contributed by atoms with van der Waals surface area (Å²) in [7, 11) is 3.74. The molecule has 3 nitrogen and oxygen atoms in total. The number of aromatic nitrogens is 1. The summed E-state index contributed by atoms with van der Waals surface area (Å²) in [4.78, 5) is 4.40. The van der Waals surface area contributed by atoms with E-state index in [4.69, 9.17) is 4.74 Å². The van der Waals surface area contributed by atoms with Crippen LogP contribution in [0.5, 0.6) is 5.75 Å². The van der Waals surface area contributed by atoms with Gasteiger partial charge in [-0.1, -0.05) is 12.1 Å². The van der Waals surface area contributed by atoms with E-state index in [2.05, 4.69) is 42.3 Å². The first-order valence-electron chi connectivity index (χ1n) is 7.38. The monoisotopic (exact) mass is 284 g/mol. The van der Waals surface area contributed by atoms with E-state index < -0.39 is 0 Å². The quantitative estimate of drug-likeness (QED) is 0.880. The molecular weight excluding hydrogens is 260 g/mol. The third-order valence-electron chi connectivity index (χ3n) is 3.83. The highest BCUT2D eigenvalue weighted by molar-refractivity contribution is 5.45. The van der Waals surface area contributed by atoms with Crippen molar-refractivity contribution in [1.29, 1.82) is 0 Å². The zero-order valence-electron chi connectivity index (χ0n) is 13.3. The Balaban J connectivity index is 2.21. The highest BCUT2D eigenvalue weighted by atomic mass is 16.5. The van der Waals surface area contributed by atoms with Gasteiger partial charge >= 0.3 is 0 Å². The third-order valence-corrected chi connectivity index (χ3v) is 3.83. The highest BCUT2D eigenvalue weighted by Gasteiger charge is 2.17. The van der Waals surface area contributed by atoms with Gasteiger partial charge in [-0.15, -0.1) is 0 Å². The Morgan fingerprint density at radius 1 is 1.24 bits per heavy atom. The fourth-order valence-electron chi connectivity index (χ4n) is 2.83. The lowest BCUT2D eigenvalue weighted by atomic mass is 9.94. The second-order valence-corrected chi connectivity index (χ2v) is 5.40. The molecular formula is C18H24N2O. The van der Waals surface area contributed by atoms with Crippen LogP contribution in [0.2, 0.25) is 0 Å². The minimum Gasteiger partial charge on any atom is -0.496 e. The van der Waals surface area contributed by atoms with Crippen LogP contribution in [-0.4, -0.2) is 19.1 Å². The van der Waals surface area contributed by atoms with Crippen LogP contribution in [0.15, 0.2) is 36.5 Å². The van der Waals surface area contributed by atoms with Crippen molar-refractivity contribution in [2.24, 2.45) is 0 Å². The molecule has 1 heterocycles. The summed E-state index contributed by atoms with van der Waals surface area (Å²) in [6, 6.07) is 10.6. The lowest BCUT2D eigenvalue weighted by molar-refractivity contribution is 0.397. The normalized spacial score (nSPS) is 12.2. The van der Waals surface area contributed by atoms with E-state index >= 15 is 0 Å². The first kappa shape index (κ1) is 15.5. The summed E-state index contributed by atoms with van der Waals surface area (Å²) >= 11 is 0. The van der Waals surface area contributed by atoms with Crippen molar-refractivity contribution >= 4 is 0 Å². The maximum absolute atomic E-state index is 5.59. The number of pyridine rings is 1. The van der Waals surface area contributed by atoms with Crippen LogP contribution in [0.3, 0.4) is 0 Å². The van der Waals surface area contributed by atoms with Crippen molar-refractivity contribution in [3.63, 3.8) is 0 Å². The van der Waals surface area contributed by atoms with Gasteiger partial charge < -0.3 is 10.1 Å². The molecule has 0 aliphatic rings. The lowest BCUT2D eigenvalue weighted by Gasteiger charge is -2.22. The molecule has 0 amide bonds. The van der Waals surface area contributed by atoms with Gasteiger partial charge in [0.05, 0.1) is 7.11 Å². The molecule has 1 N–H and O–H groups in total. The smallest absolute Gasteiger partial charge is 0.124 e. The van der Waals surface area contributed by atoms with E-state index in [1.54, 1.807) is 7.11 Å². The predicted molar refractivity (Wildman–Crippen MR) is 86.8 cm³/mol. The van der Waals surface area contributed by atoms with Gasteiger partial charge in [-0.25, -0.2) is 0 Å². The Hall–Kier alpha value is -1.87. The van der Waals surface area contributed by atoms with Crippen molar-refractivity contribution < 1.29 is 4.74 Å². The Kier molecular flexibility index (Phi) is 5.34. The molecule has 1 unspecified atom stereocenters. The van der Waals surface area contributed by atoms with Gasteiger partial charge in [-0.05, 0) is 63.1 Å². The standard InChI is InChI=1S/C18H24N2O/c1-13-11-14(2)18(17(12-13)21-4)16(19-3)9-8-15-7-5-6-10-20-15/h5-7,10-12,16,19H,8-9H2,1-4H3. The van der Waals surface area contributed by atoms with Gasteiger partial charge in [0.25, 0.3) is 0 Å². The van der Waals surface area contributed by atoms with E-state index in [0.717, 1.165) is 24.3 Å². The summed E-state index contributed by atoms with van der Waals surface area (Å²) < 4.78 is 5.59. The Bertz CT molecular complexity index is 581. The molecule has 0 saturated heterocycles. The average molecular weight is 284 g/mol. The Labute approximate surface area is 127 Å². The molecule has 2 aromatic rings. The Morgan fingerprint density at radius 2 is 2.05 bits per heavy atom. The number of nitrogens with zero attached hydrogens (tertiary/aromatic N) is 1. The maximum atomic E-state index is 5.59. The van der Waals surface area contributed by atoms with Gasteiger partial charge in [0.15, 0.2) is 0 Å². The van der Waals surface area contributed by atoms with Crippen LogP contribution < -0.4 is 10.1 Å². The van der Waals surface area contributed by atoms with Crippen LogP contribution in [-0.2, 0) is 6.42 Å². The number of ether oxygens (including phenoxy) is 1. The van der Waals surface area contributed by atoms with Crippen molar-refractivity contribution in [3.8, 4) is 5.75 Å². The summed E-state index contributed by atoms with van der Waals surface area (Å²) in [5.41, 5.74) is 4.88. The van der Waals surface area contributed by atoms with E-state index in [0.29, 0.717) is 0 Å². The van der Waals surface area contributed by atoms with Crippen LogP contribution in [0.1, 0.15) is 34.8 Å². The van der Waals surface area contributed by atoms with Crippen molar-refractivity contribution in [1.82, 2.24) is 10.3 Å². The number of nitrogens with one attached hydrogen (secondary N) is 1. The fraction of sp³-hybridized carbons (Fsp3) is 0.389. The highest BCUT2D eigenvalue weighted by Crippen LogP contribution is 2.32. The number of benzene rings is 1. The molecule has 2 rings (SSSR count). The molecule has 1 aromatic carbocycles. The van der Waals surface area contributed by atoms with Crippen LogP contribution >= 0.6 is 0 Å². The number of hydrogen-bond donors (Lipinski definition) is 1. The van der Waals surface area contributed by atoms with Crippen molar-refractivity contribution in [2.45, 2.75) is 32.7 Å². The van der Waals surface area contributed by atoms with Crippen LogP contribution in [0.4, 0.5) is 0 Å². The largest absolute Gasteiger partial charge is 0.496 e. The Morgan fingerprint density at radius 3 is 2.67 bits per heavy atom. The van der Waals surface area contributed by atoms with E-state index in [1.807, 2.05) is 25.4 Å². The van der Waals surface area contributed by atoms with Crippen molar-refractivity contribution in [3.05, 3.63) is 58.9 Å². The summed E-state index contributed by atoms with van der Waals surface area (Å²) in [5.74, 6) is 0.966. The zero-order valence-corrected chi connectivity index (χ0v) is 13.3. The van der Waals surface area contributed by atoms with Gasteiger partial charge in [0.2, 0.25) is 0 Å². The fourth-order valence-corrected chi connectivity index (χ4v) is 2.83. The summed E-state index contributed by atoms with van der Waals surface area (Å²) in [6.07, 6.45) is 3.79. The summed E-state index contributed by atoms with van der Waals surface area (Å²) in [5, 5.41) is 3.42. The van der Waals surface area contributed by atoms with E-state index in [-0.39, 0.29) is 6.04 Å². The zero-order chi connectivity index (χ0) is 15.2. The van der Waals surface area contributed by atoms with Crippen molar-refractivity contribution in [2.75, 3.05) is 14.2 Å². The molecule has 0 fully saturated rings. The maximum Gasteiger partial charge on any atom is 0.124 e. The predicted octanol–water partition coefficient (Wildman–Crippen LogP) is 3.60. The van der Waals surface area contributed by atoms with E-state index in [9.17, 15) is 0 Å². The first-order valence-corrected chi connectivity index (χ1v) is 7.38. The van der Waals surface area contributed by atoms with E-state index in [1.165, 1.54) is 16.7 Å². The minimum atomic E-state index is 0.266. The molecule has 112 valence electrons. The van der Waals surface area contributed by atoms with Gasteiger partial charge in [0.1, 0.15) is 5.75 Å². The number of rotatable bonds is 6. The topological polar surface area (TPSA) is 34.2 Å². The molecule has 1 aromatic heterocycles. The van der Waals surface area contributed by atoms with Gasteiger partial charge in [-0.2, -0.15) is 0 Å². The molecule has 1 atom stereocenters. The molecule has 21 heavy (non-hydrogen) atoms. The summed E-state index contributed by atoms with van der Waals surface area (Å²) in [6.45, 7) is 4.25. The minimum absolute atomic E-state index is 0.266. The number of methoxy groups -OCH3 is 1. The first-order chi connectivity index (χ1) is 10.2. The second kappa shape index (κ2) is 7.23. The molecule has 3 heteroatoms. The molecule has 0 radical (unpaired) electrons. The molecule has 0 aliphatic heterocycles. The SMILES string of the molecule is CNC(CCc1ccccn1)c1c(C)cc(C)cc1OC. The molecule has 0 saturated carbocycles. The van der Waals surface area contributed by atoms with Crippen LogP contribution in [0, 0.1) is 13.8 Å². The molecule has 0 bridgehead atoms. The second-order valence-electron chi connectivity index (χ2n) is 5.40. The van der Waals surface area contributed by atoms with Crippen LogP contribution in [0.25, 0.3) is 0 Å². The van der Waals surface area contributed by atoms with Gasteiger partial charge in [0, 0.05) is 23.5 Å². The van der Waals surface area contributed by atoms with Gasteiger partial charge in [-0.3, -0.25) is 4.98 Å². The number of aryl methyl sites for hydroxylation is 3. The lowest BCUT2D eigenvalue weighted by Crippen LogP contribution is -2.19. The molecule has 0 spiro atoms. The number of hydrogen-bond acceptors (Lipinski definition) is 3. The molecule has 0 aliphatic carbocycles. The third kappa shape index (κ3) is 3.82. The average Bonchev–Trinajstić information content (AvgIpc) is 2.50.